The number of aromatic nitrogens is 1. The number of benzene rings is 1. The Balaban J connectivity index is 1.66. The van der Waals surface area contributed by atoms with Gasteiger partial charge in [0.1, 0.15) is 5.82 Å². The van der Waals surface area contributed by atoms with Crippen LogP contribution in [0, 0.1) is 0 Å². The number of anilines is 2. The van der Waals surface area contributed by atoms with E-state index in [1.54, 1.807) is 5.57 Å². The molecule has 1 aromatic carbocycles. The Bertz CT molecular complexity index is 616. The maximum absolute atomic E-state index is 5.76. The number of allylic oxidation sites excluding steroid dienone is 1. The summed E-state index contributed by atoms with van der Waals surface area (Å²) >= 11 is 0. The Morgan fingerprint density at radius 3 is 3.00 bits per heavy atom. The molecular formula is C16H19N3. The minimum absolute atomic E-state index is 0.781. The lowest BCUT2D eigenvalue weighted by atomic mass is 10.1. The van der Waals surface area contributed by atoms with E-state index in [0.29, 0.717) is 0 Å². The Morgan fingerprint density at radius 2 is 2.16 bits per heavy atom. The van der Waals surface area contributed by atoms with Gasteiger partial charge in [0.25, 0.3) is 0 Å². The summed E-state index contributed by atoms with van der Waals surface area (Å²) in [6.07, 6.45) is 7.35. The first-order valence-corrected chi connectivity index (χ1v) is 6.89. The Morgan fingerprint density at radius 1 is 1.21 bits per heavy atom. The quantitative estimate of drug-likeness (QED) is 0.645. The van der Waals surface area contributed by atoms with Crippen molar-refractivity contribution >= 4 is 22.4 Å². The molecule has 98 valence electrons. The number of hydrogen-bond donors (Lipinski definition) is 2. The van der Waals surface area contributed by atoms with E-state index in [1.807, 2.05) is 24.3 Å². The van der Waals surface area contributed by atoms with Gasteiger partial charge in [0.2, 0.25) is 0 Å². The van der Waals surface area contributed by atoms with Crippen LogP contribution in [0.4, 0.5) is 11.5 Å². The van der Waals surface area contributed by atoms with Gasteiger partial charge in [0.15, 0.2) is 0 Å². The molecule has 0 spiro atoms. The number of pyridine rings is 1. The van der Waals surface area contributed by atoms with Crippen LogP contribution in [-0.4, -0.2) is 11.5 Å². The van der Waals surface area contributed by atoms with Crippen LogP contribution >= 0.6 is 0 Å². The van der Waals surface area contributed by atoms with Gasteiger partial charge in [-0.1, -0.05) is 11.6 Å². The minimum atomic E-state index is 0.781. The van der Waals surface area contributed by atoms with Crippen molar-refractivity contribution < 1.29 is 0 Å². The van der Waals surface area contributed by atoms with Gasteiger partial charge in [-0.15, -0.1) is 0 Å². The van der Waals surface area contributed by atoms with E-state index in [0.717, 1.165) is 35.4 Å². The molecule has 1 aromatic heterocycles. The fraction of sp³-hybridized carbons (Fsp3) is 0.312. The number of nitrogen functional groups attached to an aromatic ring is 1. The Labute approximate surface area is 113 Å². The van der Waals surface area contributed by atoms with Gasteiger partial charge >= 0.3 is 0 Å². The largest absolute Gasteiger partial charge is 0.399 e. The third-order valence-corrected chi connectivity index (χ3v) is 3.60. The zero-order chi connectivity index (χ0) is 13.1. The molecule has 0 atom stereocenters. The molecule has 0 saturated carbocycles. The molecule has 2 aromatic rings. The highest BCUT2D eigenvalue weighted by atomic mass is 15.0. The molecule has 0 saturated heterocycles. The van der Waals surface area contributed by atoms with Crippen molar-refractivity contribution in [1.82, 2.24) is 4.98 Å². The topological polar surface area (TPSA) is 50.9 Å². The van der Waals surface area contributed by atoms with E-state index in [4.69, 9.17) is 5.73 Å². The molecule has 19 heavy (non-hydrogen) atoms. The van der Waals surface area contributed by atoms with Crippen LogP contribution in [-0.2, 0) is 0 Å². The standard InChI is InChI=1S/C16H19N3/c17-14-6-7-15-13(11-14)5-8-16(19-15)18-10-9-12-3-1-2-4-12/h3,5-8,11H,1-2,4,9-10,17H2,(H,18,19). The van der Waals surface area contributed by atoms with Crippen LogP contribution in [0.3, 0.4) is 0 Å². The van der Waals surface area contributed by atoms with E-state index < -0.39 is 0 Å². The number of nitrogens with zero attached hydrogens (tertiary/aromatic N) is 1. The average molecular weight is 253 g/mol. The highest BCUT2D eigenvalue weighted by Crippen LogP contribution is 2.21. The summed E-state index contributed by atoms with van der Waals surface area (Å²) in [5.41, 5.74) is 9.11. The molecule has 1 aliphatic rings. The summed E-state index contributed by atoms with van der Waals surface area (Å²) in [5, 5.41) is 4.48. The molecule has 3 N–H and O–H groups in total. The summed E-state index contributed by atoms with van der Waals surface area (Å²) in [6, 6.07) is 9.90. The second-order valence-corrected chi connectivity index (χ2v) is 5.08. The summed E-state index contributed by atoms with van der Waals surface area (Å²) < 4.78 is 0. The molecule has 3 rings (SSSR count). The molecule has 3 nitrogen and oxygen atoms in total. The van der Waals surface area contributed by atoms with Crippen molar-refractivity contribution in [2.24, 2.45) is 0 Å². The normalized spacial score (nSPS) is 14.6. The van der Waals surface area contributed by atoms with Crippen molar-refractivity contribution in [3.8, 4) is 0 Å². The van der Waals surface area contributed by atoms with Crippen LogP contribution in [0.25, 0.3) is 10.9 Å². The van der Waals surface area contributed by atoms with Crippen LogP contribution in [0.15, 0.2) is 42.0 Å². The van der Waals surface area contributed by atoms with Crippen LogP contribution in [0.5, 0.6) is 0 Å². The average Bonchev–Trinajstić information content (AvgIpc) is 2.92. The lowest BCUT2D eigenvalue weighted by Crippen LogP contribution is -2.04. The third kappa shape index (κ3) is 2.87. The van der Waals surface area contributed by atoms with E-state index in [9.17, 15) is 0 Å². The van der Waals surface area contributed by atoms with Crippen LogP contribution in [0.2, 0.25) is 0 Å². The van der Waals surface area contributed by atoms with Crippen LogP contribution in [0.1, 0.15) is 25.7 Å². The maximum Gasteiger partial charge on any atom is 0.126 e. The predicted molar refractivity (Wildman–Crippen MR) is 81.2 cm³/mol. The number of hydrogen-bond acceptors (Lipinski definition) is 3. The van der Waals surface area contributed by atoms with Gasteiger partial charge < -0.3 is 11.1 Å². The minimum Gasteiger partial charge on any atom is -0.399 e. The highest BCUT2D eigenvalue weighted by molar-refractivity contribution is 5.83. The number of fused-ring (bicyclic) bond motifs is 1. The summed E-state index contributed by atoms with van der Waals surface area (Å²) in [5.74, 6) is 0.941. The first-order valence-electron chi connectivity index (χ1n) is 6.89. The Hall–Kier alpha value is -2.03. The number of rotatable bonds is 4. The van der Waals surface area contributed by atoms with Gasteiger partial charge in [-0.05, 0) is 56.0 Å². The van der Waals surface area contributed by atoms with E-state index in [-0.39, 0.29) is 0 Å². The molecule has 3 heteroatoms. The van der Waals surface area contributed by atoms with Gasteiger partial charge in [-0.2, -0.15) is 0 Å². The van der Waals surface area contributed by atoms with Crippen molar-refractivity contribution in [3.05, 3.63) is 42.0 Å². The molecule has 0 bridgehead atoms. The summed E-state index contributed by atoms with van der Waals surface area (Å²) in [7, 11) is 0. The van der Waals surface area contributed by atoms with Crippen LogP contribution < -0.4 is 11.1 Å². The Kier molecular flexibility index (Phi) is 3.36. The molecule has 0 amide bonds. The molecule has 1 aliphatic carbocycles. The molecule has 0 aliphatic heterocycles. The van der Waals surface area contributed by atoms with Crippen molar-refractivity contribution in [1.29, 1.82) is 0 Å². The van der Waals surface area contributed by atoms with Gasteiger partial charge in [-0.25, -0.2) is 4.98 Å². The van der Waals surface area contributed by atoms with E-state index >= 15 is 0 Å². The smallest absolute Gasteiger partial charge is 0.126 e. The van der Waals surface area contributed by atoms with Gasteiger partial charge in [0, 0.05) is 17.6 Å². The SMILES string of the molecule is Nc1ccc2nc(NCCC3=CCCC3)ccc2c1. The monoisotopic (exact) mass is 253 g/mol. The lowest BCUT2D eigenvalue weighted by Gasteiger charge is -2.07. The zero-order valence-corrected chi connectivity index (χ0v) is 11.0. The second-order valence-electron chi connectivity index (χ2n) is 5.08. The fourth-order valence-electron chi connectivity index (χ4n) is 2.56. The number of nitrogens with one attached hydrogen (secondary N) is 1. The molecular weight excluding hydrogens is 234 g/mol. The first kappa shape index (κ1) is 12.0. The lowest BCUT2D eigenvalue weighted by molar-refractivity contribution is 0.862. The van der Waals surface area contributed by atoms with Gasteiger partial charge in [0.05, 0.1) is 5.52 Å². The predicted octanol–water partition coefficient (Wildman–Crippen LogP) is 3.73. The maximum atomic E-state index is 5.76. The zero-order valence-electron chi connectivity index (χ0n) is 11.0. The number of nitrogens with two attached hydrogens (primary N) is 1. The van der Waals surface area contributed by atoms with E-state index in [1.165, 1.54) is 19.3 Å². The van der Waals surface area contributed by atoms with Crippen molar-refractivity contribution in [2.75, 3.05) is 17.6 Å². The molecule has 0 unspecified atom stereocenters. The molecule has 0 fully saturated rings. The van der Waals surface area contributed by atoms with E-state index in [2.05, 4.69) is 22.4 Å². The molecule has 1 heterocycles. The second kappa shape index (κ2) is 5.31. The van der Waals surface area contributed by atoms with Crippen molar-refractivity contribution in [3.63, 3.8) is 0 Å². The van der Waals surface area contributed by atoms with Gasteiger partial charge in [-0.3, -0.25) is 0 Å². The highest BCUT2D eigenvalue weighted by Gasteiger charge is 2.04. The summed E-state index contributed by atoms with van der Waals surface area (Å²) in [4.78, 5) is 4.59. The third-order valence-electron chi connectivity index (χ3n) is 3.60. The fourth-order valence-corrected chi connectivity index (χ4v) is 2.56. The summed E-state index contributed by atoms with van der Waals surface area (Å²) in [6.45, 7) is 0.958. The van der Waals surface area contributed by atoms with Crippen molar-refractivity contribution in [2.45, 2.75) is 25.7 Å². The first-order chi connectivity index (χ1) is 9.31. The molecule has 0 radical (unpaired) electrons.